The minimum atomic E-state index is -0.244. The van der Waals surface area contributed by atoms with Crippen molar-refractivity contribution in [1.82, 2.24) is 0 Å². The van der Waals surface area contributed by atoms with Crippen LogP contribution in [-0.4, -0.2) is 31.4 Å². The first kappa shape index (κ1) is 53.4. The lowest BCUT2D eigenvalue weighted by Crippen LogP contribution is -2.17. The molecule has 0 saturated carbocycles. The van der Waals surface area contributed by atoms with E-state index in [4.69, 9.17) is 18.9 Å². The molecule has 0 fully saturated rings. The first-order chi connectivity index (χ1) is 31.8. The van der Waals surface area contributed by atoms with Crippen molar-refractivity contribution in [3.05, 3.63) is 120 Å². The van der Waals surface area contributed by atoms with Crippen LogP contribution in [0.25, 0.3) is 0 Å². The molecule has 0 aliphatic heterocycles. The summed E-state index contributed by atoms with van der Waals surface area (Å²) >= 11 is 0. The minimum absolute atomic E-state index is 0.0665. The van der Waals surface area contributed by atoms with Gasteiger partial charge in [0, 0.05) is 48.9 Å². The molecule has 0 heterocycles. The van der Waals surface area contributed by atoms with Crippen LogP contribution < -0.4 is 18.9 Å². The Bertz CT molecular complexity index is 2120. The maximum atomic E-state index is 13.0. The molecule has 0 unspecified atom stereocenters. The Labute approximate surface area is 406 Å². The molecule has 7 heteroatoms. The SMILES string of the molecule is CCCCCOc1c2cc([N+](=O)[O-])cc1Cc1cc(C(C)(C)C)cc(c1OCCCCC)Cc1cc(C(C)(C)C)cc(c1OCCCCC)Cc1cc(C(C)(C)C)cc(c1OCCCCC)C2. The molecule has 4 aromatic carbocycles. The van der Waals surface area contributed by atoms with E-state index in [1.807, 2.05) is 0 Å². The van der Waals surface area contributed by atoms with E-state index in [1.54, 1.807) is 12.1 Å². The molecular weight excluding hydrogens is 831 g/mol. The Balaban J connectivity index is 1.97. The van der Waals surface area contributed by atoms with E-state index >= 15 is 0 Å². The van der Waals surface area contributed by atoms with Gasteiger partial charge in [-0.1, -0.05) is 178 Å². The van der Waals surface area contributed by atoms with Crippen LogP contribution in [0.2, 0.25) is 0 Å². The summed E-state index contributed by atoms with van der Waals surface area (Å²) in [6.45, 7) is 31.7. The Kier molecular flexibility index (Phi) is 19.3. The summed E-state index contributed by atoms with van der Waals surface area (Å²) in [6, 6.07) is 17.6. The van der Waals surface area contributed by atoms with Gasteiger partial charge in [0.15, 0.2) is 0 Å². The van der Waals surface area contributed by atoms with Crippen molar-refractivity contribution in [3.63, 3.8) is 0 Å². The van der Waals surface area contributed by atoms with Crippen LogP contribution in [0.1, 0.15) is 228 Å². The number of nitro benzene ring substituents is 1. The normalized spacial score (nSPS) is 13.1. The van der Waals surface area contributed by atoms with Gasteiger partial charge in [-0.05, 0) is 92.0 Å². The highest BCUT2D eigenvalue weighted by molar-refractivity contribution is 5.60. The number of benzene rings is 4. The molecule has 0 aromatic heterocycles. The van der Waals surface area contributed by atoms with E-state index in [1.165, 1.54) is 16.7 Å². The van der Waals surface area contributed by atoms with Gasteiger partial charge in [0.05, 0.1) is 31.4 Å². The number of hydrogen-bond acceptors (Lipinski definition) is 6. The van der Waals surface area contributed by atoms with Gasteiger partial charge < -0.3 is 18.9 Å². The molecule has 0 saturated heterocycles. The van der Waals surface area contributed by atoms with E-state index < -0.39 is 0 Å². The maximum absolute atomic E-state index is 13.0. The summed E-state index contributed by atoms with van der Waals surface area (Å²) < 4.78 is 28.1. The zero-order valence-electron chi connectivity index (χ0n) is 44.2. The summed E-state index contributed by atoms with van der Waals surface area (Å²) in [5, 5.41) is 13.0. The third-order valence-electron chi connectivity index (χ3n) is 13.3. The predicted octanol–water partition coefficient (Wildman–Crippen LogP) is 16.4. The standard InChI is InChI=1S/C60H87NO6/c1-14-18-22-26-64-54-42-30-44-36-51(59(8,9)10)38-46(55(44)65-27-23-19-15-2)32-48-40-53(61(62)63)41-49(57(48)67-29-25-21-17-4)33-47-39-52(60(11,12)13)37-45(56(47)66-28-24-20-16-3)31-43(54)35-50(34-42)58(5,6)7/h34-41H,14-33H2,1-13H3. The first-order valence-electron chi connectivity index (χ1n) is 26.1. The van der Waals surface area contributed by atoms with Crippen LogP contribution in [0.3, 0.4) is 0 Å². The van der Waals surface area contributed by atoms with E-state index in [-0.39, 0.29) is 26.9 Å². The monoisotopic (exact) mass is 918 g/mol. The molecule has 0 spiro atoms. The molecule has 7 nitrogen and oxygen atoms in total. The van der Waals surface area contributed by atoms with Crippen molar-refractivity contribution in [3.8, 4) is 23.0 Å². The highest BCUT2D eigenvalue weighted by atomic mass is 16.6. The maximum Gasteiger partial charge on any atom is 0.270 e. The largest absolute Gasteiger partial charge is 0.493 e. The van der Waals surface area contributed by atoms with Gasteiger partial charge in [-0.2, -0.15) is 0 Å². The molecule has 5 rings (SSSR count). The lowest BCUT2D eigenvalue weighted by Gasteiger charge is -2.28. The van der Waals surface area contributed by atoms with Gasteiger partial charge in [0.1, 0.15) is 23.0 Å². The molecule has 0 radical (unpaired) electrons. The van der Waals surface area contributed by atoms with Gasteiger partial charge in [0.25, 0.3) is 5.69 Å². The Morgan fingerprint density at radius 3 is 0.776 bits per heavy atom. The van der Waals surface area contributed by atoms with Gasteiger partial charge >= 0.3 is 0 Å². The molecule has 4 aromatic rings. The van der Waals surface area contributed by atoms with Crippen molar-refractivity contribution in [2.24, 2.45) is 0 Å². The predicted molar refractivity (Wildman–Crippen MR) is 280 cm³/mol. The molecule has 0 N–H and O–H groups in total. The average molecular weight is 918 g/mol. The number of nitrogens with zero attached hydrogens (tertiary/aromatic N) is 1. The number of nitro groups is 1. The van der Waals surface area contributed by atoms with Gasteiger partial charge in [-0.15, -0.1) is 0 Å². The molecule has 8 bridgehead atoms. The number of hydrogen-bond donors (Lipinski definition) is 0. The molecule has 1 aliphatic carbocycles. The van der Waals surface area contributed by atoms with Crippen LogP contribution in [0, 0.1) is 10.1 Å². The Morgan fingerprint density at radius 1 is 0.388 bits per heavy atom. The summed E-state index contributed by atoms with van der Waals surface area (Å²) in [7, 11) is 0. The van der Waals surface area contributed by atoms with E-state index in [9.17, 15) is 10.1 Å². The fourth-order valence-corrected chi connectivity index (χ4v) is 9.12. The second-order valence-corrected chi connectivity index (χ2v) is 22.4. The van der Waals surface area contributed by atoms with E-state index in [2.05, 4.69) is 126 Å². The molecule has 0 atom stereocenters. The molecule has 368 valence electrons. The second-order valence-electron chi connectivity index (χ2n) is 22.4. The van der Waals surface area contributed by atoms with Crippen LogP contribution in [-0.2, 0) is 41.9 Å². The summed E-state index contributed by atoms with van der Waals surface area (Å²) in [4.78, 5) is 12.8. The minimum Gasteiger partial charge on any atom is -0.493 e. The van der Waals surface area contributed by atoms with Crippen LogP contribution in [0.15, 0.2) is 48.5 Å². The summed E-state index contributed by atoms with van der Waals surface area (Å²) in [5.74, 6) is 3.42. The molecule has 67 heavy (non-hydrogen) atoms. The van der Waals surface area contributed by atoms with Crippen LogP contribution >= 0.6 is 0 Å². The second kappa shape index (κ2) is 24.2. The fourth-order valence-electron chi connectivity index (χ4n) is 9.12. The van der Waals surface area contributed by atoms with Crippen molar-refractivity contribution in [1.29, 1.82) is 0 Å². The van der Waals surface area contributed by atoms with Gasteiger partial charge in [-0.25, -0.2) is 0 Å². The first-order valence-corrected chi connectivity index (χ1v) is 26.1. The number of unbranched alkanes of at least 4 members (excludes halogenated alkanes) is 8. The number of non-ortho nitro benzene ring substituents is 1. The van der Waals surface area contributed by atoms with Crippen molar-refractivity contribution in [2.75, 3.05) is 26.4 Å². The van der Waals surface area contributed by atoms with Gasteiger partial charge in [0.2, 0.25) is 0 Å². The Hall–Kier alpha value is -4.52. The lowest BCUT2D eigenvalue weighted by atomic mass is 9.80. The number of rotatable bonds is 21. The number of fused-ring (bicyclic) bond motifs is 8. The highest BCUT2D eigenvalue weighted by Gasteiger charge is 2.29. The van der Waals surface area contributed by atoms with Gasteiger partial charge in [-0.3, -0.25) is 10.1 Å². The molecular formula is C60H87NO6. The van der Waals surface area contributed by atoms with Crippen molar-refractivity contribution < 1.29 is 23.9 Å². The van der Waals surface area contributed by atoms with Crippen LogP contribution in [0.4, 0.5) is 5.69 Å². The third kappa shape index (κ3) is 14.7. The van der Waals surface area contributed by atoms with E-state index in [0.29, 0.717) is 52.1 Å². The lowest BCUT2D eigenvalue weighted by molar-refractivity contribution is -0.385. The molecule has 0 amide bonds. The zero-order chi connectivity index (χ0) is 48.9. The fraction of sp³-hybridized carbons (Fsp3) is 0.600. The zero-order valence-corrected chi connectivity index (χ0v) is 44.2. The highest BCUT2D eigenvalue weighted by Crippen LogP contribution is 2.44. The molecule has 1 aliphatic rings. The number of ether oxygens (including phenoxy) is 4. The summed E-state index contributed by atoms with van der Waals surface area (Å²) in [6.07, 6.45) is 14.5. The summed E-state index contributed by atoms with van der Waals surface area (Å²) in [5.41, 5.74) is 11.4. The van der Waals surface area contributed by atoms with E-state index in [0.717, 1.165) is 145 Å². The third-order valence-corrected chi connectivity index (χ3v) is 13.3. The topological polar surface area (TPSA) is 80.1 Å². The smallest absolute Gasteiger partial charge is 0.270 e. The quantitative estimate of drug-likeness (QED) is 0.0414. The van der Waals surface area contributed by atoms with Crippen molar-refractivity contribution >= 4 is 5.69 Å². The Morgan fingerprint density at radius 2 is 0.597 bits per heavy atom. The van der Waals surface area contributed by atoms with Crippen molar-refractivity contribution in [2.45, 2.75) is 209 Å². The average Bonchev–Trinajstić information content (AvgIpc) is 3.25. The van der Waals surface area contributed by atoms with Crippen LogP contribution in [0.5, 0.6) is 23.0 Å².